The van der Waals surface area contributed by atoms with Crippen LogP contribution in [0.25, 0.3) is 0 Å². The van der Waals surface area contributed by atoms with Crippen LogP contribution in [-0.2, 0) is 20.7 Å². The van der Waals surface area contributed by atoms with Gasteiger partial charge >= 0.3 is 5.97 Å². The van der Waals surface area contributed by atoms with Crippen LogP contribution in [0.2, 0.25) is 10.0 Å². The second-order valence-electron chi connectivity index (χ2n) is 5.58. The molecule has 0 saturated heterocycles. The predicted octanol–water partition coefficient (Wildman–Crippen LogP) is 4.23. The molecule has 0 saturated carbocycles. The van der Waals surface area contributed by atoms with Gasteiger partial charge in [-0.15, -0.1) is 0 Å². The Morgan fingerprint density at radius 2 is 1.60 bits per heavy atom. The van der Waals surface area contributed by atoms with Crippen molar-refractivity contribution in [1.29, 1.82) is 0 Å². The van der Waals surface area contributed by atoms with Crippen LogP contribution in [0.1, 0.15) is 39.2 Å². The van der Waals surface area contributed by atoms with Gasteiger partial charge in [-0.25, -0.2) is 0 Å². The minimum atomic E-state index is -0.527. The predicted molar refractivity (Wildman–Crippen MR) is 80.3 cm³/mol. The highest BCUT2D eigenvalue weighted by atomic mass is 35.5. The zero-order valence-electron chi connectivity index (χ0n) is 11.8. The molecule has 3 nitrogen and oxygen atoms in total. The Labute approximate surface area is 129 Å². The fraction of sp³-hybridized carbons (Fsp3) is 0.467. The SMILES string of the molecule is CC(C)(C)OC(=O)CCC(=O)Cc1cc(Cl)cc(Cl)c1. The van der Waals surface area contributed by atoms with Gasteiger partial charge in [0.1, 0.15) is 11.4 Å². The van der Waals surface area contributed by atoms with Gasteiger partial charge in [0.25, 0.3) is 0 Å². The molecule has 0 spiro atoms. The molecule has 5 heteroatoms. The topological polar surface area (TPSA) is 43.4 Å². The van der Waals surface area contributed by atoms with E-state index in [1.807, 2.05) is 0 Å². The van der Waals surface area contributed by atoms with E-state index in [-0.39, 0.29) is 31.0 Å². The van der Waals surface area contributed by atoms with Gasteiger partial charge < -0.3 is 4.74 Å². The summed E-state index contributed by atoms with van der Waals surface area (Å²) in [6, 6.07) is 5.00. The third kappa shape index (κ3) is 6.92. The van der Waals surface area contributed by atoms with Gasteiger partial charge in [0, 0.05) is 22.9 Å². The highest BCUT2D eigenvalue weighted by Crippen LogP contribution is 2.20. The molecule has 0 aliphatic rings. The molecule has 0 aliphatic carbocycles. The fourth-order valence-electron chi connectivity index (χ4n) is 1.66. The van der Waals surface area contributed by atoms with Crippen LogP contribution in [0.3, 0.4) is 0 Å². The summed E-state index contributed by atoms with van der Waals surface area (Å²) in [6.45, 7) is 5.38. The Bertz CT molecular complexity index is 484. The summed E-state index contributed by atoms with van der Waals surface area (Å²) in [5.74, 6) is -0.413. The molecule has 0 unspecified atom stereocenters. The van der Waals surface area contributed by atoms with Crippen LogP contribution in [0.15, 0.2) is 18.2 Å². The first kappa shape index (κ1) is 17.0. The van der Waals surface area contributed by atoms with Crippen molar-refractivity contribution in [2.75, 3.05) is 0 Å². The Morgan fingerprint density at radius 3 is 2.10 bits per heavy atom. The molecule has 0 aliphatic heterocycles. The van der Waals surface area contributed by atoms with E-state index in [1.54, 1.807) is 39.0 Å². The van der Waals surface area contributed by atoms with E-state index in [9.17, 15) is 9.59 Å². The second-order valence-corrected chi connectivity index (χ2v) is 6.45. The number of esters is 1. The first-order valence-corrected chi connectivity index (χ1v) is 7.10. The van der Waals surface area contributed by atoms with Crippen LogP contribution < -0.4 is 0 Å². The van der Waals surface area contributed by atoms with Crippen molar-refractivity contribution in [3.63, 3.8) is 0 Å². The van der Waals surface area contributed by atoms with E-state index in [1.165, 1.54) is 0 Å². The molecule has 0 fully saturated rings. The zero-order chi connectivity index (χ0) is 15.3. The van der Waals surface area contributed by atoms with Gasteiger partial charge in [-0.1, -0.05) is 23.2 Å². The molecule has 0 aromatic heterocycles. The average Bonchev–Trinajstić information content (AvgIpc) is 2.22. The van der Waals surface area contributed by atoms with Crippen LogP contribution in [0.4, 0.5) is 0 Å². The number of rotatable bonds is 5. The summed E-state index contributed by atoms with van der Waals surface area (Å²) >= 11 is 11.7. The first-order valence-electron chi connectivity index (χ1n) is 6.34. The number of benzene rings is 1. The molecule has 0 N–H and O–H groups in total. The van der Waals surface area contributed by atoms with Gasteiger partial charge in [0.05, 0.1) is 6.42 Å². The number of hydrogen-bond acceptors (Lipinski definition) is 3. The van der Waals surface area contributed by atoms with E-state index >= 15 is 0 Å². The molecule has 0 amide bonds. The number of ketones is 1. The molecule has 0 bridgehead atoms. The molecule has 0 heterocycles. The Kier molecular flexibility index (Phi) is 6.03. The van der Waals surface area contributed by atoms with E-state index in [0.717, 1.165) is 5.56 Å². The number of carbonyl (C=O) groups excluding carboxylic acids is 2. The van der Waals surface area contributed by atoms with E-state index < -0.39 is 5.60 Å². The molecular formula is C15H18Cl2O3. The normalized spacial score (nSPS) is 11.2. The number of ether oxygens (including phenoxy) is 1. The van der Waals surface area contributed by atoms with Crippen molar-refractivity contribution in [2.45, 2.75) is 45.6 Å². The van der Waals surface area contributed by atoms with Crippen LogP contribution in [0, 0.1) is 0 Å². The number of halogens is 2. The van der Waals surface area contributed by atoms with Crippen molar-refractivity contribution >= 4 is 35.0 Å². The summed E-state index contributed by atoms with van der Waals surface area (Å²) in [4.78, 5) is 23.3. The maximum Gasteiger partial charge on any atom is 0.306 e. The third-order valence-corrected chi connectivity index (χ3v) is 2.79. The van der Waals surface area contributed by atoms with E-state index in [4.69, 9.17) is 27.9 Å². The highest BCUT2D eigenvalue weighted by molar-refractivity contribution is 6.34. The van der Waals surface area contributed by atoms with E-state index in [2.05, 4.69) is 0 Å². The summed E-state index contributed by atoms with van der Waals surface area (Å²) in [7, 11) is 0. The molecule has 0 radical (unpaired) electrons. The van der Waals surface area contributed by atoms with Gasteiger partial charge in [0.15, 0.2) is 0 Å². The molecular weight excluding hydrogens is 299 g/mol. The summed E-state index contributed by atoms with van der Waals surface area (Å²) in [5, 5.41) is 0.986. The quantitative estimate of drug-likeness (QED) is 0.763. The molecule has 1 aromatic carbocycles. The standard InChI is InChI=1S/C15H18Cl2O3/c1-15(2,3)20-14(19)5-4-13(18)8-10-6-11(16)9-12(17)7-10/h6-7,9H,4-5,8H2,1-3H3. The molecule has 110 valence electrons. The second kappa shape index (κ2) is 7.09. The molecule has 1 rings (SSSR count). The summed E-state index contributed by atoms with van der Waals surface area (Å²) in [5.41, 5.74) is 0.220. The zero-order valence-corrected chi connectivity index (χ0v) is 13.3. The number of hydrogen-bond donors (Lipinski definition) is 0. The lowest BCUT2D eigenvalue weighted by Gasteiger charge is -2.19. The minimum absolute atomic E-state index is 0.0470. The van der Waals surface area contributed by atoms with Crippen molar-refractivity contribution in [1.82, 2.24) is 0 Å². The van der Waals surface area contributed by atoms with Crippen molar-refractivity contribution in [3.05, 3.63) is 33.8 Å². The van der Waals surface area contributed by atoms with Gasteiger partial charge in [-0.2, -0.15) is 0 Å². The minimum Gasteiger partial charge on any atom is -0.460 e. The van der Waals surface area contributed by atoms with Crippen molar-refractivity contribution < 1.29 is 14.3 Å². The molecule has 0 atom stereocenters. The van der Waals surface area contributed by atoms with Gasteiger partial charge in [0.2, 0.25) is 0 Å². The monoisotopic (exact) mass is 316 g/mol. The van der Waals surface area contributed by atoms with E-state index in [0.29, 0.717) is 10.0 Å². The van der Waals surface area contributed by atoms with Crippen LogP contribution >= 0.6 is 23.2 Å². The first-order chi connectivity index (χ1) is 9.15. The van der Waals surface area contributed by atoms with Crippen molar-refractivity contribution in [2.24, 2.45) is 0 Å². The van der Waals surface area contributed by atoms with Gasteiger partial charge in [-0.05, 0) is 44.5 Å². The Morgan fingerprint density at radius 1 is 1.05 bits per heavy atom. The maximum absolute atomic E-state index is 11.8. The average molecular weight is 317 g/mol. The molecule has 20 heavy (non-hydrogen) atoms. The largest absolute Gasteiger partial charge is 0.460 e. The van der Waals surface area contributed by atoms with Gasteiger partial charge in [-0.3, -0.25) is 9.59 Å². The lowest BCUT2D eigenvalue weighted by Crippen LogP contribution is -2.24. The smallest absolute Gasteiger partial charge is 0.306 e. The van der Waals surface area contributed by atoms with Crippen LogP contribution in [-0.4, -0.2) is 17.4 Å². The number of carbonyl (C=O) groups is 2. The fourth-order valence-corrected chi connectivity index (χ4v) is 2.23. The summed E-state index contributed by atoms with van der Waals surface area (Å²) in [6.07, 6.45) is 0.451. The lowest BCUT2D eigenvalue weighted by atomic mass is 10.1. The Balaban J connectivity index is 2.46. The summed E-state index contributed by atoms with van der Waals surface area (Å²) < 4.78 is 5.14. The number of Topliss-reactive ketones (excluding diaryl/α,β-unsaturated/α-hetero) is 1. The third-order valence-electron chi connectivity index (χ3n) is 2.35. The van der Waals surface area contributed by atoms with Crippen molar-refractivity contribution in [3.8, 4) is 0 Å². The lowest BCUT2D eigenvalue weighted by molar-refractivity contribution is -0.155. The maximum atomic E-state index is 11.8. The molecule has 1 aromatic rings. The van der Waals surface area contributed by atoms with Crippen LogP contribution in [0.5, 0.6) is 0 Å². The Hall–Kier alpha value is -1.06. The highest BCUT2D eigenvalue weighted by Gasteiger charge is 2.17.